The van der Waals surface area contributed by atoms with Crippen LogP contribution in [0.5, 0.6) is 0 Å². The zero-order chi connectivity index (χ0) is 21.0. The molecule has 0 atom stereocenters. The highest BCUT2D eigenvalue weighted by atomic mass is 35.5. The molecule has 3 N–H and O–H groups in total. The van der Waals surface area contributed by atoms with Gasteiger partial charge in [-0.1, -0.05) is 66.2 Å². The average molecular weight is 427 g/mol. The van der Waals surface area contributed by atoms with Gasteiger partial charge in [0.05, 0.1) is 10.5 Å². The van der Waals surface area contributed by atoms with Crippen LogP contribution >= 0.6 is 11.6 Å². The fourth-order valence-electron chi connectivity index (χ4n) is 3.33. The number of nitrogens with one attached hydrogen (secondary N) is 3. The first-order valence-electron chi connectivity index (χ1n) is 9.88. The molecule has 6 nitrogen and oxygen atoms in total. The summed E-state index contributed by atoms with van der Waals surface area (Å²) in [5.74, 6) is 2.55. The fraction of sp³-hybridized carbons (Fsp3) is 0.0417. The number of aromatic nitrogens is 4. The molecule has 2 heterocycles. The summed E-state index contributed by atoms with van der Waals surface area (Å²) in [5.41, 5.74) is 2.88. The molecular formula is C24H19ClN6. The molecule has 152 valence electrons. The summed E-state index contributed by atoms with van der Waals surface area (Å²) in [6.45, 7) is 0.643. The Morgan fingerprint density at radius 1 is 0.806 bits per heavy atom. The van der Waals surface area contributed by atoms with Crippen LogP contribution in [0, 0.1) is 0 Å². The number of hydrogen-bond donors (Lipinski definition) is 3. The summed E-state index contributed by atoms with van der Waals surface area (Å²) in [5, 5.41) is 15.7. The highest BCUT2D eigenvalue weighted by molar-refractivity contribution is 6.33. The molecule has 2 aromatic heterocycles. The van der Waals surface area contributed by atoms with Crippen molar-refractivity contribution < 1.29 is 0 Å². The lowest BCUT2D eigenvalue weighted by atomic mass is 10.2. The van der Waals surface area contributed by atoms with E-state index in [1.165, 1.54) is 0 Å². The van der Waals surface area contributed by atoms with Gasteiger partial charge in [-0.25, -0.2) is 9.97 Å². The van der Waals surface area contributed by atoms with E-state index >= 15 is 0 Å². The highest BCUT2D eigenvalue weighted by Gasteiger charge is 2.12. The molecule has 3 aromatic carbocycles. The smallest absolute Gasteiger partial charge is 0.165 e. The molecule has 0 saturated carbocycles. The lowest BCUT2D eigenvalue weighted by molar-refractivity contribution is 1.08. The Kier molecular flexibility index (Phi) is 5.21. The van der Waals surface area contributed by atoms with Gasteiger partial charge in [0.1, 0.15) is 11.6 Å². The summed E-state index contributed by atoms with van der Waals surface area (Å²) in [6.07, 6.45) is 0. The minimum atomic E-state index is 0.533. The second-order valence-electron chi connectivity index (χ2n) is 7.02. The summed E-state index contributed by atoms with van der Waals surface area (Å²) in [6, 6.07) is 27.5. The van der Waals surface area contributed by atoms with Gasteiger partial charge in [-0.2, -0.15) is 5.10 Å². The number of anilines is 3. The number of rotatable bonds is 6. The van der Waals surface area contributed by atoms with Crippen molar-refractivity contribution in [2.75, 3.05) is 10.6 Å². The Balaban J connectivity index is 1.51. The minimum Gasteiger partial charge on any atom is -0.366 e. The van der Waals surface area contributed by atoms with Crippen LogP contribution in [0.2, 0.25) is 5.02 Å². The van der Waals surface area contributed by atoms with Crippen LogP contribution in [0.1, 0.15) is 5.56 Å². The predicted octanol–water partition coefficient (Wildman–Crippen LogP) is 6.03. The maximum absolute atomic E-state index is 6.42. The maximum atomic E-state index is 6.42. The van der Waals surface area contributed by atoms with Crippen molar-refractivity contribution >= 4 is 40.0 Å². The molecule has 5 rings (SSSR count). The van der Waals surface area contributed by atoms with Crippen molar-refractivity contribution in [3.05, 3.63) is 95.5 Å². The summed E-state index contributed by atoms with van der Waals surface area (Å²) in [4.78, 5) is 9.40. The largest absolute Gasteiger partial charge is 0.366 e. The molecule has 0 unspecified atom stereocenters. The number of aromatic amines is 1. The van der Waals surface area contributed by atoms with E-state index in [0.717, 1.165) is 22.0 Å². The molecular weight excluding hydrogens is 408 g/mol. The molecule has 5 aromatic rings. The van der Waals surface area contributed by atoms with E-state index in [1.807, 2.05) is 72.8 Å². The third kappa shape index (κ3) is 4.20. The van der Waals surface area contributed by atoms with Crippen LogP contribution in [-0.2, 0) is 6.54 Å². The van der Waals surface area contributed by atoms with Gasteiger partial charge in [0.15, 0.2) is 11.6 Å². The van der Waals surface area contributed by atoms with E-state index in [-0.39, 0.29) is 0 Å². The van der Waals surface area contributed by atoms with Crippen LogP contribution in [0.3, 0.4) is 0 Å². The van der Waals surface area contributed by atoms with Crippen LogP contribution in [-0.4, -0.2) is 20.2 Å². The monoisotopic (exact) mass is 426 g/mol. The lowest BCUT2D eigenvalue weighted by Gasteiger charge is -2.12. The standard InChI is InChI=1S/C24H19ClN6/c25-19-12-6-4-10-17(19)23-27-21(26-15-16-8-2-1-3-9-16)14-22(28-23)29-24-18-11-5-7-13-20(18)30-31-24/h1-14H,15H2,(H3,26,27,28,29,30,31). The van der Waals surface area contributed by atoms with Gasteiger partial charge in [-0.05, 0) is 29.8 Å². The summed E-state index contributed by atoms with van der Waals surface area (Å²) < 4.78 is 0. The van der Waals surface area contributed by atoms with Crippen LogP contribution in [0.4, 0.5) is 17.5 Å². The number of H-pyrrole nitrogens is 1. The van der Waals surface area contributed by atoms with Crippen LogP contribution in [0.25, 0.3) is 22.3 Å². The van der Waals surface area contributed by atoms with Crippen molar-refractivity contribution in [1.29, 1.82) is 0 Å². The first-order valence-corrected chi connectivity index (χ1v) is 10.3. The van der Waals surface area contributed by atoms with E-state index in [1.54, 1.807) is 0 Å². The maximum Gasteiger partial charge on any atom is 0.165 e. The Bertz CT molecular complexity index is 1330. The molecule has 31 heavy (non-hydrogen) atoms. The topological polar surface area (TPSA) is 78.5 Å². The molecule has 0 saturated heterocycles. The van der Waals surface area contributed by atoms with Crippen LogP contribution < -0.4 is 10.6 Å². The van der Waals surface area contributed by atoms with Crippen LogP contribution in [0.15, 0.2) is 84.9 Å². The fourth-order valence-corrected chi connectivity index (χ4v) is 3.55. The Morgan fingerprint density at radius 2 is 1.55 bits per heavy atom. The van der Waals surface area contributed by atoms with Crippen molar-refractivity contribution in [2.24, 2.45) is 0 Å². The third-order valence-corrected chi connectivity index (χ3v) is 5.20. The number of benzene rings is 3. The van der Waals surface area contributed by atoms with Crippen molar-refractivity contribution in [1.82, 2.24) is 20.2 Å². The summed E-state index contributed by atoms with van der Waals surface area (Å²) in [7, 11) is 0. The minimum absolute atomic E-state index is 0.533. The van der Waals surface area contributed by atoms with E-state index in [9.17, 15) is 0 Å². The lowest BCUT2D eigenvalue weighted by Crippen LogP contribution is -2.05. The van der Waals surface area contributed by atoms with Gasteiger partial charge in [0.25, 0.3) is 0 Å². The van der Waals surface area contributed by atoms with Gasteiger partial charge in [-0.15, -0.1) is 0 Å². The molecule has 0 bridgehead atoms. The first kappa shape index (κ1) is 19.1. The second kappa shape index (κ2) is 8.45. The first-order chi connectivity index (χ1) is 15.3. The predicted molar refractivity (Wildman–Crippen MR) is 126 cm³/mol. The normalized spacial score (nSPS) is 10.9. The van der Waals surface area contributed by atoms with E-state index in [0.29, 0.717) is 34.8 Å². The number of nitrogens with zero attached hydrogens (tertiary/aromatic N) is 3. The third-order valence-electron chi connectivity index (χ3n) is 4.87. The van der Waals surface area contributed by atoms with Gasteiger partial charge in [0, 0.05) is 23.6 Å². The van der Waals surface area contributed by atoms with E-state index in [4.69, 9.17) is 21.6 Å². The second-order valence-corrected chi connectivity index (χ2v) is 7.43. The van der Waals surface area contributed by atoms with E-state index in [2.05, 4.69) is 33.0 Å². The van der Waals surface area contributed by atoms with E-state index < -0.39 is 0 Å². The number of para-hydroxylation sites is 1. The van der Waals surface area contributed by atoms with Gasteiger partial charge < -0.3 is 10.6 Å². The zero-order valence-corrected chi connectivity index (χ0v) is 17.3. The summed E-state index contributed by atoms with van der Waals surface area (Å²) >= 11 is 6.42. The molecule has 0 spiro atoms. The van der Waals surface area contributed by atoms with Crippen molar-refractivity contribution in [3.63, 3.8) is 0 Å². The molecule has 0 aliphatic rings. The molecule has 0 aliphatic heterocycles. The van der Waals surface area contributed by atoms with Gasteiger partial charge in [-0.3, -0.25) is 5.10 Å². The number of halogens is 1. The molecule has 0 radical (unpaired) electrons. The SMILES string of the molecule is Clc1ccccc1-c1nc(NCc2ccccc2)cc(Nc2n[nH]c3ccccc23)n1. The quantitative estimate of drug-likeness (QED) is 0.309. The average Bonchev–Trinajstić information content (AvgIpc) is 3.21. The molecule has 0 aliphatic carbocycles. The Labute approximate surface area is 184 Å². The molecule has 7 heteroatoms. The highest BCUT2D eigenvalue weighted by Crippen LogP contribution is 2.29. The zero-order valence-electron chi connectivity index (χ0n) is 16.5. The number of fused-ring (bicyclic) bond motifs is 1. The van der Waals surface area contributed by atoms with Crippen molar-refractivity contribution in [2.45, 2.75) is 6.54 Å². The molecule has 0 fully saturated rings. The molecule has 0 amide bonds. The number of hydrogen-bond acceptors (Lipinski definition) is 5. The Morgan fingerprint density at radius 3 is 2.42 bits per heavy atom. The van der Waals surface area contributed by atoms with Gasteiger partial charge >= 0.3 is 0 Å². The Hall–Kier alpha value is -3.90. The van der Waals surface area contributed by atoms with Crippen molar-refractivity contribution in [3.8, 4) is 11.4 Å². The van der Waals surface area contributed by atoms with Gasteiger partial charge in [0.2, 0.25) is 0 Å².